The van der Waals surface area contributed by atoms with Crippen molar-refractivity contribution in [1.29, 1.82) is 0 Å². The summed E-state index contributed by atoms with van der Waals surface area (Å²) in [6, 6.07) is 13.6. The molecule has 86 valence electrons. The van der Waals surface area contributed by atoms with Crippen molar-refractivity contribution in [3.63, 3.8) is 0 Å². The topological polar surface area (TPSA) is 63.3 Å². The van der Waals surface area contributed by atoms with Crippen LogP contribution in [0.2, 0.25) is 0 Å². The summed E-state index contributed by atoms with van der Waals surface area (Å²) in [5.41, 5.74) is 7.79. The Hall–Kier alpha value is -2.36. The molecule has 0 amide bonds. The average molecular weight is 226 g/mol. The van der Waals surface area contributed by atoms with E-state index in [0.29, 0.717) is 12.5 Å². The van der Waals surface area contributed by atoms with Crippen LogP contribution in [0.25, 0.3) is 0 Å². The summed E-state index contributed by atoms with van der Waals surface area (Å²) in [6.07, 6.45) is 3.48. The van der Waals surface area contributed by atoms with Gasteiger partial charge in [-0.3, -0.25) is 4.98 Å². The second kappa shape index (κ2) is 5.65. The Labute approximate surface area is 100 Å². The van der Waals surface area contributed by atoms with Crippen LogP contribution in [0, 0.1) is 0 Å². The number of guanidine groups is 1. The fourth-order valence-corrected chi connectivity index (χ4v) is 1.37. The third-order valence-corrected chi connectivity index (χ3v) is 2.23. The van der Waals surface area contributed by atoms with Crippen molar-refractivity contribution in [1.82, 2.24) is 4.98 Å². The van der Waals surface area contributed by atoms with Crippen LogP contribution >= 0.6 is 0 Å². The van der Waals surface area contributed by atoms with E-state index in [9.17, 15) is 0 Å². The van der Waals surface area contributed by atoms with E-state index in [-0.39, 0.29) is 0 Å². The van der Waals surface area contributed by atoms with Crippen LogP contribution in [-0.4, -0.2) is 10.9 Å². The molecule has 4 heteroatoms. The molecule has 2 rings (SSSR count). The number of pyridine rings is 1. The summed E-state index contributed by atoms with van der Waals surface area (Å²) in [5.74, 6) is 0.410. The zero-order valence-corrected chi connectivity index (χ0v) is 9.38. The van der Waals surface area contributed by atoms with Crippen molar-refractivity contribution >= 4 is 11.6 Å². The third-order valence-electron chi connectivity index (χ3n) is 2.23. The van der Waals surface area contributed by atoms with Gasteiger partial charge in [0, 0.05) is 18.1 Å². The first-order valence-corrected chi connectivity index (χ1v) is 5.35. The second-order valence-electron chi connectivity index (χ2n) is 3.55. The molecule has 2 aromatic rings. The Bertz CT molecular complexity index is 479. The van der Waals surface area contributed by atoms with Gasteiger partial charge in [-0.15, -0.1) is 0 Å². The monoisotopic (exact) mass is 226 g/mol. The zero-order chi connectivity index (χ0) is 11.9. The zero-order valence-electron chi connectivity index (χ0n) is 9.38. The Morgan fingerprint density at radius 2 is 1.82 bits per heavy atom. The molecule has 0 unspecified atom stereocenters. The van der Waals surface area contributed by atoms with Gasteiger partial charge in [0.1, 0.15) is 0 Å². The van der Waals surface area contributed by atoms with Crippen LogP contribution in [0.4, 0.5) is 5.69 Å². The molecule has 0 fully saturated rings. The van der Waals surface area contributed by atoms with E-state index in [1.165, 1.54) is 0 Å². The summed E-state index contributed by atoms with van der Waals surface area (Å²) in [7, 11) is 0. The third kappa shape index (κ3) is 3.61. The fourth-order valence-electron chi connectivity index (χ4n) is 1.37. The van der Waals surface area contributed by atoms with Crippen LogP contribution in [0.15, 0.2) is 59.9 Å². The molecule has 4 nitrogen and oxygen atoms in total. The van der Waals surface area contributed by atoms with E-state index in [0.717, 1.165) is 11.3 Å². The molecule has 17 heavy (non-hydrogen) atoms. The molecular formula is C13H14N4. The summed E-state index contributed by atoms with van der Waals surface area (Å²) < 4.78 is 0. The minimum Gasteiger partial charge on any atom is -0.370 e. The van der Waals surface area contributed by atoms with Gasteiger partial charge in [-0.25, -0.2) is 4.99 Å². The fraction of sp³-hybridized carbons (Fsp3) is 0.0769. The van der Waals surface area contributed by atoms with Crippen LogP contribution in [-0.2, 0) is 6.54 Å². The minimum absolute atomic E-state index is 0.410. The quantitative estimate of drug-likeness (QED) is 0.621. The van der Waals surface area contributed by atoms with E-state index in [1.54, 1.807) is 12.4 Å². The lowest BCUT2D eigenvalue weighted by molar-refractivity contribution is 1.05. The maximum atomic E-state index is 5.78. The van der Waals surface area contributed by atoms with E-state index in [4.69, 9.17) is 5.73 Å². The number of nitrogens with zero attached hydrogens (tertiary/aromatic N) is 2. The van der Waals surface area contributed by atoms with Crippen molar-refractivity contribution in [2.75, 3.05) is 5.32 Å². The Morgan fingerprint density at radius 1 is 1.12 bits per heavy atom. The van der Waals surface area contributed by atoms with Gasteiger partial charge in [-0.1, -0.05) is 18.2 Å². The molecule has 1 heterocycles. The number of nitrogens with two attached hydrogens (primary N) is 1. The lowest BCUT2D eigenvalue weighted by atomic mass is 10.3. The van der Waals surface area contributed by atoms with Gasteiger partial charge in [-0.2, -0.15) is 0 Å². The maximum Gasteiger partial charge on any atom is 0.193 e. The highest BCUT2D eigenvalue weighted by molar-refractivity contribution is 5.92. The van der Waals surface area contributed by atoms with Crippen LogP contribution < -0.4 is 11.1 Å². The lowest BCUT2D eigenvalue weighted by Crippen LogP contribution is -2.22. The number of rotatable bonds is 3. The molecular weight excluding hydrogens is 212 g/mol. The summed E-state index contributed by atoms with van der Waals surface area (Å²) in [6.45, 7) is 0.550. The van der Waals surface area contributed by atoms with E-state index < -0.39 is 0 Å². The molecule has 0 bridgehead atoms. The predicted octanol–water partition coefficient (Wildman–Crippen LogP) is 2.01. The molecule has 3 N–H and O–H groups in total. The highest BCUT2D eigenvalue weighted by Gasteiger charge is 1.94. The predicted molar refractivity (Wildman–Crippen MR) is 69.6 cm³/mol. The molecule has 0 aliphatic carbocycles. The largest absolute Gasteiger partial charge is 0.370 e. The molecule has 0 spiro atoms. The van der Waals surface area contributed by atoms with E-state index in [2.05, 4.69) is 15.3 Å². The highest BCUT2D eigenvalue weighted by atomic mass is 15.1. The van der Waals surface area contributed by atoms with Crippen molar-refractivity contribution in [3.8, 4) is 0 Å². The smallest absolute Gasteiger partial charge is 0.193 e. The number of benzene rings is 1. The summed E-state index contributed by atoms with van der Waals surface area (Å²) in [5, 5.41) is 3.02. The standard InChI is InChI=1S/C13H14N4/c14-13(17-12-4-2-1-3-5-12)16-10-11-6-8-15-9-7-11/h1-9H,10H2,(H3,14,16,17). The lowest BCUT2D eigenvalue weighted by Gasteiger charge is -2.04. The number of anilines is 1. The van der Waals surface area contributed by atoms with Gasteiger partial charge in [0.25, 0.3) is 0 Å². The van der Waals surface area contributed by atoms with E-state index >= 15 is 0 Å². The van der Waals surface area contributed by atoms with Crippen molar-refractivity contribution in [2.45, 2.75) is 6.54 Å². The van der Waals surface area contributed by atoms with Gasteiger partial charge in [0.2, 0.25) is 0 Å². The minimum atomic E-state index is 0.410. The number of hydrogen-bond acceptors (Lipinski definition) is 2. The van der Waals surface area contributed by atoms with Crippen molar-refractivity contribution in [3.05, 3.63) is 60.4 Å². The second-order valence-corrected chi connectivity index (χ2v) is 3.55. The first-order chi connectivity index (χ1) is 8.34. The van der Waals surface area contributed by atoms with E-state index in [1.807, 2.05) is 42.5 Å². The normalized spacial score (nSPS) is 11.2. The number of hydrogen-bond donors (Lipinski definition) is 2. The van der Waals surface area contributed by atoms with Gasteiger partial charge < -0.3 is 11.1 Å². The van der Waals surface area contributed by atoms with Crippen LogP contribution in [0.3, 0.4) is 0 Å². The molecule has 1 aromatic carbocycles. The molecule has 0 aliphatic heterocycles. The molecule has 0 atom stereocenters. The molecule has 1 aromatic heterocycles. The van der Waals surface area contributed by atoms with Crippen molar-refractivity contribution in [2.24, 2.45) is 10.7 Å². The van der Waals surface area contributed by atoms with Crippen LogP contribution in [0.1, 0.15) is 5.56 Å². The SMILES string of the molecule is NC(=NCc1ccncc1)Nc1ccccc1. The summed E-state index contributed by atoms with van der Waals surface area (Å²) in [4.78, 5) is 8.19. The first kappa shape index (κ1) is 11.1. The van der Waals surface area contributed by atoms with Gasteiger partial charge in [0.15, 0.2) is 5.96 Å². The van der Waals surface area contributed by atoms with Gasteiger partial charge in [0.05, 0.1) is 6.54 Å². The number of para-hydroxylation sites is 1. The first-order valence-electron chi connectivity index (χ1n) is 5.35. The highest BCUT2D eigenvalue weighted by Crippen LogP contribution is 2.04. The Morgan fingerprint density at radius 3 is 2.53 bits per heavy atom. The molecule has 0 radical (unpaired) electrons. The molecule has 0 saturated carbocycles. The van der Waals surface area contributed by atoms with Crippen molar-refractivity contribution < 1.29 is 0 Å². The number of aliphatic imine (C=N–C) groups is 1. The Kier molecular flexibility index (Phi) is 3.70. The van der Waals surface area contributed by atoms with Crippen LogP contribution in [0.5, 0.6) is 0 Å². The average Bonchev–Trinajstić information content (AvgIpc) is 2.39. The maximum absolute atomic E-state index is 5.78. The van der Waals surface area contributed by atoms with Gasteiger partial charge in [-0.05, 0) is 29.8 Å². The number of nitrogens with one attached hydrogen (secondary N) is 1. The van der Waals surface area contributed by atoms with Gasteiger partial charge >= 0.3 is 0 Å². The number of aromatic nitrogens is 1. The molecule has 0 aliphatic rings. The summed E-state index contributed by atoms with van der Waals surface area (Å²) >= 11 is 0. The molecule has 0 saturated heterocycles. The Balaban J connectivity index is 1.94.